The van der Waals surface area contributed by atoms with Gasteiger partial charge in [0.2, 0.25) is 5.91 Å². The lowest BCUT2D eigenvalue weighted by Crippen LogP contribution is -2.47. The topological polar surface area (TPSA) is 56.1 Å². The standard InChI is InChI=1S/C11H21N3O/c1-9(2)14(7-6-12)8-10(15)13-11(3,4)5/h9H,7-8H2,1-5H3,(H,13,15). The molecule has 0 unspecified atom stereocenters. The Kier molecular flexibility index (Phi) is 5.31. The highest BCUT2D eigenvalue weighted by Gasteiger charge is 2.17. The monoisotopic (exact) mass is 211 g/mol. The van der Waals surface area contributed by atoms with Crippen molar-refractivity contribution >= 4 is 5.91 Å². The first-order chi connectivity index (χ1) is 6.76. The van der Waals surface area contributed by atoms with E-state index in [-0.39, 0.29) is 30.6 Å². The summed E-state index contributed by atoms with van der Waals surface area (Å²) in [7, 11) is 0. The number of nitriles is 1. The van der Waals surface area contributed by atoms with E-state index in [4.69, 9.17) is 5.26 Å². The predicted octanol–water partition coefficient (Wildman–Crippen LogP) is 1.14. The van der Waals surface area contributed by atoms with Crippen LogP contribution in [-0.4, -0.2) is 35.5 Å². The summed E-state index contributed by atoms with van der Waals surface area (Å²) in [4.78, 5) is 13.4. The fourth-order valence-electron chi connectivity index (χ4n) is 1.15. The van der Waals surface area contributed by atoms with E-state index in [1.54, 1.807) is 0 Å². The van der Waals surface area contributed by atoms with Gasteiger partial charge in [0.05, 0.1) is 19.2 Å². The van der Waals surface area contributed by atoms with Crippen LogP contribution < -0.4 is 5.32 Å². The fraction of sp³-hybridized carbons (Fsp3) is 0.818. The zero-order valence-corrected chi connectivity index (χ0v) is 10.3. The van der Waals surface area contributed by atoms with Gasteiger partial charge in [-0.1, -0.05) is 0 Å². The van der Waals surface area contributed by atoms with Crippen molar-refractivity contribution in [3.8, 4) is 6.07 Å². The summed E-state index contributed by atoms with van der Waals surface area (Å²) in [5.41, 5.74) is -0.216. The maximum Gasteiger partial charge on any atom is 0.234 e. The molecule has 0 aromatic heterocycles. The highest BCUT2D eigenvalue weighted by molar-refractivity contribution is 5.78. The van der Waals surface area contributed by atoms with Crippen LogP contribution in [0, 0.1) is 11.3 Å². The normalized spacial score (nSPS) is 11.6. The molecule has 0 fully saturated rings. The quantitative estimate of drug-likeness (QED) is 0.709. The van der Waals surface area contributed by atoms with Gasteiger partial charge in [0.1, 0.15) is 0 Å². The molecule has 0 saturated heterocycles. The van der Waals surface area contributed by atoms with Gasteiger partial charge >= 0.3 is 0 Å². The number of nitrogens with zero attached hydrogens (tertiary/aromatic N) is 2. The van der Waals surface area contributed by atoms with E-state index < -0.39 is 0 Å². The molecule has 1 N–H and O–H groups in total. The second kappa shape index (κ2) is 5.72. The van der Waals surface area contributed by atoms with Crippen molar-refractivity contribution in [1.82, 2.24) is 10.2 Å². The minimum atomic E-state index is -0.216. The molecule has 4 heteroatoms. The number of nitrogens with one attached hydrogen (secondary N) is 1. The van der Waals surface area contributed by atoms with E-state index in [1.807, 2.05) is 39.5 Å². The Morgan fingerprint density at radius 3 is 2.33 bits per heavy atom. The molecular weight excluding hydrogens is 190 g/mol. The number of carbonyl (C=O) groups is 1. The first-order valence-electron chi connectivity index (χ1n) is 5.18. The van der Waals surface area contributed by atoms with Gasteiger partial charge in [-0.3, -0.25) is 9.69 Å². The van der Waals surface area contributed by atoms with Crippen molar-refractivity contribution < 1.29 is 4.79 Å². The first-order valence-corrected chi connectivity index (χ1v) is 5.18. The molecule has 15 heavy (non-hydrogen) atoms. The van der Waals surface area contributed by atoms with Crippen molar-refractivity contribution in [2.24, 2.45) is 0 Å². The van der Waals surface area contributed by atoms with Gasteiger partial charge in [0.25, 0.3) is 0 Å². The maximum atomic E-state index is 11.6. The lowest BCUT2D eigenvalue weighted by molar-refractivity contribution is -0.123. The van der Waals surface area contributed by atoms with E-state index in [0.29, 0.717) is 0 Å². The number of hydrogen-bond acceptors (Lipinski definition) is 3. The Morgan fingerprint density at radius 2 is 2.00 bits per heavy atom. The summed E-state index contributed by atoms with van der Waals surface area (Å²) in [5.74, 6) is -0.0357. The number of hydrogen-bond donors (Lipinski definition) is 1. The molecule has 4 nitrogen and oxygen atoms in total. The van der Waals surface area contributed by atoms with Gasteiger partial charge in [0.15, 0.2) is 0 Å². The second-order valence-corrected chi connectivity index (χ2v) is 4.96. The SMILES string of the molecule is CC(C)N(CC#N)CC(=O)NC(C)(C)C. The van der Waals surface area contributed by atoms with Crippen LogP contribution in [0.25, 0.3) is 0 Å². The molecule has 0 bridgehead atoms. The lowest BCUT2D eigenvalue weighted by atomic mass is 10.1. The van der Waals surface area contributed by atoms with E-state index in [0.717, 1.165) is 0 Å². The molecule has 0 aromatic carbocycles. The van der Waals surface area contributed by atoms with E-state index in [9.17, 15) is 4.79 Å². The Bertz CT molecular complexity index is 248. The minimum Gasteiger partial charge on any atom is -0.350 e. The van der Waals surface area contributed by atoms with E-state index >= 15 is 0 Å². The Morgan fingerprint density at radius 1 is 1.47 bits per heavy atom. The third-order valence-corrected chi connectivity index (χ3v) is 1.87. The molecule has 0 radical (unpaired) electrons. The highest BCUT2D eigenvalue weighted by Crippen LogP contribution is 2.01. The largest absolute Gasteiger partial charge is 0.350 e. The summed E-state index contributed by atoms with van der Waals surface area (Å²) >= 11 is 0. The molecule has 0 aliphatic rings. The number of amides is 1. The van der Waals surface area contributed by atoms with Crippen LogP contribution in [-0.2, 0) is 4.79 Å². The van der Waals surface area contributed by atoms with Crippen LogP contribution >= 0.6 is 0 Å². The van der Waals surface area contributed by atoms with Gasteiger partial charge in [-0.05, 0) is 34.6 Å². The molecule has 1 amide bonds. The molecule has 0 aromatic rings. The second-order valence-electron chi connectivity index (χ2n) is 4.96. The van der Waals surface area contributed by atoms with Crippen molar-refractivity contribution in [1.29, 1.82) is 5.26 Å². The van der Waals surface area contributed by atoms with E-state index in [1.165, 1.54) is 0 Å². The van der Waals surface area contributed by atoms with Crippen molar-refractivity contribution in [2.75, 3.05) is 13.1 Å². The zero-order valence-electron chi connectivity index (χ0n) is 10.3. The molecule has 0 aliphatic heterocycles. The van der Waals surface area contributed by atoms with Crippen LogP contribution in [0.4, 0.5) is 0 Å². The van der Waals surface area contributed by atoms with Crippen LogP contribution in [0.3, 0.4) is 0 Å². The number of rotatable bonds is 4. The average molecular weight is 211 g/mol. The summed E-state index contributed by atoms with van der Waals surface area (Å²) in [6.07, 6.45) is 0. The third-order valence-electron chi connectivity index (χ3n) is 1.87. The van der Waals surface area contributed by atoms with Gasteiger partial charge < -0.3 is 5.32 Å². The molecule has 86 valence electrons. The maximum absolute atomic E-state index is 11.6. The lowest BCUT2D eigenvalue weighted by Gasteiger charge is -2.26. The number of carbonyl (C=O) groups excluding carboxylic acids is 1. The van der Waals surface area contributed by atoms with Gasteiger partial charge in [0, 0.05) is 11.6 Å². The fourth-order valence-corrected chi connectivity index (χ4v) is 1.15. The van der Waals surface area contributed by atoms with Crippen molar-refractivity contribution in [2.45, 2.75) is 46.2 Å². The minimum absolute atomic E-state index is 0.0357. The van der Waals surface area contributed by atoms with Crippen LogP contribution in [0.2, 0.25) is 0 Å². The first kappa shape index (κ1) is 13.9. The van der Waals surface area contributed by atoms with Crippen LogP contribution in [0.15, 0.2) is 0 Å². The summed E-state index contributed by atoms with van der Waals surface area (Å²) in [5, 5.41) is 11.5. The molecule has 0 aliphatic carbocycles. The smallest absolute Gasteiger partial charge is 0.234 e. The van der Waals surface area contributed by atoms with Crippen LogP contribution in [0.5, 0.6) is 0 Å². The Labute approximate surface area is 92.3 Å². The Hall–Kier alpha value is -1.08. The molecule has 0 saturated carbocycles. The van der Waals surface area contributed by atoms with Gasteiger partial charge in [-0.15, -0.1) is 0 Å². The third kappa shape index (κ3) is 6.92. The highest BCUT2D eigenvalue weighted by atomic mass is 16.2. The van der Waals surface area contributed by atoms with Gasteiger partial charge in [-0.2, -0.15) is 5.26 Å². The molecule has 0 rings (SSSR count). The van der Waals surface area contributed by atoms with Crippen LogP contribution in [0.1, 0.15) is 34.6 Å². The van der Waals surface area contributed by atoms with Crippen molar-refractivity contribution in [3.63, 3.8) is 0 Å². The molecule has 0 heterocycles. The average Bonchev–Trinajstić information content (AvgIpc) is 1.99. The Balaban J connectivity index is 4.19. The van der Waals surface area contributed by atoms with Crippen molar-refractivity contribution in [3.05, 3.63) is 0 Å². The molecule has 0 atom stereocenters. The predicted molar refractivity (Wildman–Crippen MR) is 60.2 cm³/mol. The zero-order chi connectivity index (χ0) is 12.1. The molecular formula is C11H21N3O. The summed E-state index contributed by atoms with van der Waals surface area (Å²) in [6.45, 7) is 10.3. The summed E-state index contributed by atoms with van der Waals surface area (Å²) < 4.78 is 0. The van der Waals surface area contributed by atoms with E-state index in [2.05, 4.69) is 11.4 Å². The summed E-state index contributed by atoms with van der Waals surface area (Å²) in [6, 6.07) is 2.27. The molecule has 0 spiro atoms. The van der Waals surface area contributed by atoms with Gasteiger partial charge in [-0.25, -0.2) is 0 Å².